The number of benzene rings is 1. The van der Waals surface area contributed by atoms with Crippen molar-refractivity contribution in [1.82, 2.24) is 15.0 Å². The number of carbonyl (C=O) groups is 1. The third-order valence-corrected chi connectivity index (χ3v) is 5.65. The molecule has 0 aliphatic carbocycles. The second-order valence-electron chi connectivity index (χ2n) is 6.84. The fourth-order valence-corrected chi connectivity index (χ4v) is 4.03. The number of piperidine rings is 1. The minimum absolute atomic E-state index is 0.0238. The van der Waals surface area contributed by atoms with Gasteiger partial charge in [0.2, 0.25) is 17.6 Å². The molecule has 28 heavy (non-hydrogen) atoms. The molecule has 1 aliphatic rings. The van der Waals surface area contributed by atoms with Crippen molar-refractivity contribution in [3.63, 3.8) is 0 Å². The molecule has 0 saturated carbocycles. The van der Waals surface area contributed by atoms with Gasteiger partial charge in [-0.25, -0.2) is 4.39 Å². The summed E-state index contributed by atoms with van der Waals surface area (Å²) in [7, 11) is 0. The highest BCUT2D eigenvalue weighted by molar-refractivity contribution is 7.10. The summed E-state index contributed by atoms with van der Waals surface area (Å²) in [6.45, 7) is 1.42. The Morgan fingerprint density at radius 1 is 1.32 bits per heavy atom. The highest BCUT2D eigenvalue weighted by Crippen LogP contribution is 2.24. The van der Waals surface area contributed by atoms with Crippen LogP contribution in [0.15, 0.2) is 52.4 Å². The van der Waals surface area contributed by atoms with E-state index in [2.05, 4.69) is 10.1 Å². The molecule has 5 nitrogen and oxygen atoms in total. The number of likely N-dealkylation sites (tertiary alicyclic amines) is 1. The van der Waals surface area contributed by atoms with Crippen molar-refractivity contribution in [3.8, 4) is 11.4 Å². The molecular weight excluding hydrogens is 377 g/mol. The predicted molar refractivity (Wildman–Crippen MR) is 106 cm³/mol. The molecule has 3 aromatic rings. The molecule has 1 saturated heterocycles. The zero-order valence-electron chi connectivity index (χ0n) is 15.3. The number of carbonyl (C=O) groups excluding carboxylic acids is 1. The maximum absolute atomic E-state index is 13.9. The van der Waals surface area contributed by atoms with Gasteiger partial charge in [-0.15, -0.1) is 11.3 Å². The van der Waals surface area contributed by atoms with Crippen LogP contribution in [0.1, 0.15) is 23.6 Å². The van der Waals surface area contributed by atoms with Gasteiger partial charge in [0.25, 0.3) is 0 Å². The molecule has 7 heteroatoms. The van der Waals surface area contributed by atoms with Gasteiger partial charge < -0.3 is 9.42 Å². The number of halogens is 1. The lowest BCUT2D eigenvalue weighted by atomic mass is 9.94. The zero-order valence-corrected chi connectivity index (χ0v) is 16.1. The van der Waals surface area contributed by atoms with E-state index in [0.717, 1.165) is 24.3 Å². The summed E-state index contributed by atoms with van der Waals surface area (Å²) >= 11 is 1.60. The van der Waals surface area contributed by atoms with Gasteiger partial charge in [-0.05, 0) is 48.4 Å². The summed E-state index contributed by atoms with van der Waals surface area (Å²) in [5.41, 5.74) is 0.330. The van der Waals surface area contributed by atoms with Crippen molar-refractivity contribution in [2.24, 2.45) is 5.92 Å². The second-order valence-corrected chi connectivity index (χ2v) is 7.82. The Labute approximate surface area is 166 Å². The predicted octanol–water partition coefficient (Wildman–Crippen LogP) is 4.43. The molecule has 3 heterocycles. The van der Waals surface area contributed by atoms with Gasteiger partial charge in [-0.1, -0.05) is 23.4 Å². The van der Waals surface area contributed by atoms with Crippen molar-refractivity contribution in [2.45, 2.75) is 19.3 Å². The van der Waals surface area contributed by atoms with Crippen LogP contribution in [-0.2, 0) is 11.2 Å². The minimum Gasteiger partial charge on any atom is -0.339 e. The topological polar surface area (TPSA) is 59.2 Å². The molecule has 0 unspecified atom stereocenters. The average Bonchev–Trinajstić information content (AvgIpc) is 3.39. The first-order valence-corrected chi connectivity index (χ1v) is 10.1. The van der Waals surface area contributed by atoms with Crippen LogP contribution < -0.4 is 0 Å². The quantitative estimate of drug-likeness (QED) is 0.598. The molecule has 1 aliphatic heterocycles. The highest BCUT2D eigenvalue weighted by atomic mass is 32.1. The normalized spacial score (nSPS) is 17.3. The van der Waals surface area contributed by atoms with Crippen LogP contribution in [-0.4, -0.2) is 34.0 Å². The van der Waals surface area contributed by atoms with Crippen molar-refractivity contribution in [3.05, 3.63) is 64.4 Å². The van der Waals surface area contributed by atoms with Crippen LogP contribution in [0.25, 0.3) is 17.5 Å². The Morgan fingerprint density at radius 2 is 2.21 bits per heavy atom. The van der Waals surface area contributed by atoms with E-state index < -0.39 is 0 Å². The molecule has 1 aromatic carbocycles. The van der Waals surface area contributed by atoms with Crippen LogP contribution >= 0.6 is 11.3 Å². The van der Waals surface area contributed by atoms with E-state index in [4.69, 9.17) is 4.52 Å². The van der Waals surface area contributed by atoms with Gasteiger partial charge in [0, 0.05) is 30.5 Å². The SMILES string of the molecule is O=C(/C=C\c1cccs1)N1CCC[C@H](Cc2nc(-c3ccccc3F)no2)C1. The van der Waals surface area contributed by atoms with E-state index in [1.807, 2.05) is 28.5 Å². The lowest BCUT2D eigenvalue weighted by Crippen LogP contribution is -2.39. The van der Waals surface area contributed by atoms with Gasteiger partial charge >= 0.3 is 0 Å². The number of rotatable bonds is 5. The Bertz CT molecular complexity index is 968. The van der Waals surface area contributed by atoms with E-state index in [-0.39, 0.29) is 23.5 Å². The van der Waals surface area contributed by atoms with Gasteiger partial charge in [0.05, 0.1) is 5.56 Å². The van der Waals surface area contributed by atoms with Gasteiger partial charge in [0.15, 0.2) is 0 Å². The first kappa shape index (κ1) is 18.6. The summed E-state index contributed by atoms with van der Waals surface area (Å²) in [5.74, 6) is 0.640. The highest BCUT2D eigenvalue weighted by Gasteiger charge is 2.25. The summed E-state index contributed by atoms with van der Waals surface area (Å²) in [6, 6.07) is 10.3. The molecule has 0 spiro atoms. The van der Waals surface area contributed by atoms with Crippen LogP contribution in [0.4, 0.5) is 4.39 Å². The minimum atomic E-state index is -0.373. The Kier molecular flexibility index (Phi) is 5.62. The van der Waals surface area contributed by atoms with E-state index in [9.17, 15) is 9.18 Å². The number of nitrogens with zero attached hydrogens (tertiary/aromatic N) is 3. The molecule has 0 radical (unpaired) electrons. The average molecular weight is 397 g/mol. The summed E-state index contributed by atoms with van der Waals surface area (Å²) in [5, 5.41) is 5.90. The Morgan fingerprint density at radius 3 is 3.04 bits per heavy atom. The lowest BCUT2D eigenvalue weighted by molar-refractivity contribution is -0.127. The number of hydrogen-bond donors (Lipinski definition) is 0. The van der Waals surface area contributed by atoms with Crippen LogP contribution in [0.2, 0.25) is 0 Å². The third kappa shape index (κ3) is 4.36. The van der Waals surface area contributed by atoms with Crippen LogP contribution in [0.5, 0.6) is 0 Å². The molecule has 2 aromatic heterocycles. The maximum atomic E-state index is 13.9. The van der Waals surface area contributed by atoms with Crippen molar-refractivity contribution in [1.29, 1.82) is 0 Å². The lowest BCUT2D eigenvalue weighted by Gasteiger charge is -2.31. The maximum Gasteiger partial charge on any atom is 0.246 e. The van der Waals surface area contributed by atoms with Crippen LogP contribution in [0.3, 0.4) is 0 Å². The summed E-state index contributed by atoms with van der Waals surface area (Å²) < 4.78 is 19.2. The fraction of sp³-hybridized carbons (Fsp3) is 0.286. The zero-order chi connectivity index (χ0) is 19.3. The van der Waals surface area contributed by atoms with Crippen molar-refractivity contribution < 1.29 is 13.7 Å². The van der Waals surface area contributed by atoms with Gasteiger partial charge in [-0.3, -0.25) is 4.79 Å². The standard InChI is InChI=1S/C21H20FN3O2S/c22-18-8-2-1-7-17(18)21-23-19(27-24-21)13-15-5-3-11-25(14-15)20(26)10-9-16-6-4-12-28-16/h1-2,4,6-10,12,15H,3,5,11,13-14H2/b10-9-/t15-/m1/s1. The molecule has 1 fully saturated rings. The first-order chi connectivity index (χ1) is 13.7. The number of hydrogen-bond acceptors (Lipinski definition) is 5. The Hall–Kier alpha value is -2.80. The van der Waals surface area contributed by atoms with Gasteiger partial charge in [0.1, 0.15) is 5.82 Å². The fourth-order valence-electron chi connectivity index (χ4n) is 3.41. The van der Waals surface area contributed by atoms with E-state index in [0.29, 0.717) is 24.4 Å². The molecular formula is C21H20FN3O2S. The molecule has 1 atom stereocenters. The third-order valence-electron chi connectivity index (χ3n) is 4.81. The number of amides is 1. The summed E-state index contributed by atoms with van der Waals surface area (Å²) in [4.78, 5) is 19.7. The molecule has 1 amide bonds. The number of aromatic nitrogens is 2. The number of thiophene rings is 1. The molecule has 0 bridgehead atoms. The van der Waals surface area contributed by atoms with E-state index >= 15 is 0 Å². The molecule has 144 valence electrons. The van der Waals surface area contributed by atoms with Crippen LogP contribution in [0, 0.1) is 11.7 Å². The van der Waals surface area contributed by atoms with Crippen molar-refractivity contribution >= 4 is 23.3 Å². The van der Waals surface area contributed by atoms with E-state index in [1.165, 1.54) is 6.07 Å². The van der Waals surface area contributed by atoms with E-state index in [1.54, 1.807) is 35.6 Å². The largest absolute Gasteiger partial charge is 0.339 e. The van der Waals surface area contributed by atoms with Crippen molar-refractivity contribution in [2.75, 3.05) is 13.1 Å². The molecule has 4 rings (SSSR count). The second kappa shape index (κ2) is 8.48. The smallest absolute Gasteiger partial charge is 0.246 e. The molecule has 0 N–H and O–H groups in total. The monoisotopic (exact) mass is 397 g/mol. The van der Waals surface area contributed by atoms with Gasteiger partial charge in [-0.2, -0.15) is 4.98 Å². The first-order valence-electron chi connectivity index (χ1n) is 9.27. The summed E-state index contributed by atoms with van der Waals surface area (Å²) in [6.07, 6.45) is 6.01. The Balaban J connectivity index is 1.38.